The van der Waals surface area contributed by atoms with E-state index >= 15 is 0 Å². The summed E-state index contributed by atoms with van der Waals surface area (Å²) in [6.45, 7) is 3.82. The number of nitrogens with zero attached hydrogens (tertiary/aromatic N) is 4. The summed E-state index contributed by atoms with van der Waals surface area (Å²) in [5.41, 5.74) is 4.07. The summed E-state index contributed by atoms with van der Waals surface area (Å²) in [5.74, 6) is -1.29. The molecule has 1 atom stereocenters. The third-order valence-corrected chi connectivity index (χ3v) is 5.68. The number of aryl methyl sites for hydroxylation is 3. The zero-order valence-corrected chi connectivity index (χ0v) is 16.8. The molecule has 2 aromatic heterocycles. The van der Waals surface area contributed by atoms with Crippen LogP contribution in [0.5, 0.6) is 0 Å². The second-order valence-corrected chi connectivity index (χ2v) is 7.67. The molecule has 4 rings (SSSR count). The third kappa shape index (κ3) is 3.88. The van der Waals surface area contributed by atoms with Crippen molar-refractivity contribution in [3.8, 4) is 0 Å². The van der Waals surface area contributed by atoms with Crippen LogP contribution in [0.2, 0.25) is 0 Å². The van der Waals surface area contributed by atoms with Gasteiger partial charge in [0.2, 0.25) is 5.91 Å². The molecular weight excluding hydrogens is 395 g/mol. The molecule has 0 fully saturated rings. The number of rotatable bonds is 4. The SMILES string of the molecule is Cc1nc2nc(C(F)(F)F)nn2c(C)c1CC(=O)NC[C@@H]1CCCc2ccccc21. The van der Waals surface area contributed by atoms with Crippen LogP contribution >= 0.6 is 0 Å². The number of carbonyl (C=O) groups excluding carboxylic acids is 1. The average Bonchev–Trinajstić information content (AvgIpc) is 3.14. The van der Waals surface area contributed by atoms with Crippen LogP contribution in [0.4, 0.5) is 13.2 Å². The van der Waals surface area contributed by atoms with Crippen molar-refractivity contribution in [2.75, 3.05) is 6.54 Å². The first-order chi connectivity index (χ1) is 14.2. The van der Waals surface area contributed by atoms with Gasteiger partial charge in [0.05, 0.1) is 6.42 Å². The minimum absolute atomic E-state index is 0.0240. The molecule has 6 nitrogen and oxygen atoms in total. The quantitative estimate of drug-likeness (QED) is 0.705. The van der Waals surface area contributed by atoms with Gasteiger partial charge in [0.25, 0.3) is 11.6 Å². The molecule has 0 spiro atoms. The Balaban J connectivity index is 1.50. The van der Waals surface area contributed by atoms with E-state index in [1.807, 2.05) is 12.1 Å². The standard InChI is InChI=1S/C21H22F3N5O/c1-12-17(13(2)29-20(26-12)27-19(28-29)21(22,23)24)10-18(30)25-11-15-8-5-7-14-6-3-4-9-16(14)15/h3-4,6,9,15H,5,7-8,10-11H2,1-2H3,(H,25,30)/t15-/m0/s1. The molecule has 0 saturated carbocycles. The van der Waals surface area contributed by atoms with Gasteiger partial charge in [0.1, 0.15) is 0 Å². The lowest BCUT2D eigenvalue weighted by molar-refractivity contribution is -0.144. The van der Waals surface area contributed by atoms with E-state index in [1.54, 1.807) is 13.8 Å². The number of hydrogen-bond donors (Lipinski definition) is 1. The fraction of sp³-hybridized carbons (Fsp3) is 0.429. The van der Waals surface area contributed by atoms with Gasteiger partial charge in [-0.1, -0.05) is 24.3 Å². The molecule has 3 aromatic rings. The van der Waals surface area contributed by atoms with Gasteiger partial charge in [-0.3, -0.25) is 4.79 Å². The zero-order chi connectivity index (χ0) is 21.5. The van der Waals surface area contributed by atoms with Gasteiger partial charge in [-0.15, -0.1) is 5.10 Å². The predicted octanol–water partition coefficient (Wildman–Crippen LogP) is 3.54. The molecule has 1 amide bonds. The van der Waals surface area contributed by atoms with Crippen LogP contribution in [-0.4, -0.2) is 32.0 Å². The summed E-state index contributed by atoms with van der Waals surface area (Å²) in [7, 11) is 0. The van der Waals surface area contributed by atoms with E-state index in [2.05, 4.69) is 32.5 Å². The molecule has 9 heteroatoms. The van der Waals surface area contributed by atoms with Gasteiger partial charge < -0.3 is 5.32 Å². The van der Waals surface area contributed by atoms with Gasteiger partial charge in [0, 0.05) is 29.4 Å². The molecular formula is C21H22F3N5O. The van der Waals surface area contributed by atoms with Crippen molar-refractivity contribution in [3.05, 3.63) is 58.2 Å². The molecule has 1 aliphatic rings. The Morgan fingerprint density at radius 3 is 2.77 bits per heavy atom. The molecule has 0 saturated heterocycles. The van der Waals surface area contributed by atoms with Crippen LogP contribution in [0.1, 0.15) is 52.7 Å². The van der Waals surface area contributed by atoms with Crippen LogP contribution in [0.3, 0.4) is 0 Å². The molecule has 30 heavy (non-hydrogen) atoms. The summed E-state index contributed by atoms with van der Waals surface area (Å²) in [5, 5.41) is 6.51. The van der Waals surface area contributed by atoms with E-state index in [4.69, 9.17) is 0 Å². The Morgan fingerprint density at radius 2 is 2.00 bits per heavy atom. The summed E-state index contributed by atoms with van der Waals surface area (Å²) in [6, 6.07) is 8.29. The lowest BCUT2D eigenvalue weighted by Crippen LogP contribution is -2.31. The van der Waals surface area contributed by atoms with Crippen LogP contribution in [-0.2, 0) is 23.8 Å². The highest BCUT2D eigenvalue weighted by Gasteiger charge is 2.37. The van der Waals surface area contributed by atoms with Crippen LogP contribution in [0.25, 0.3) is 5.78 Å². The maximum absolute atomic E-state index is 12.9. The number of aromatic nitrogens is 4. The lowest BCUT2D eigenvalue weighted by Gasteiger charge is -2.25. The monoisotopic (exact) mass is 417 g/mol. The van der Waals surface area contributed by atoms with Crippen LogP contribution < -0.4 is 5.32 Å². The Hall–Kier alpha value is -2.97. The van der Waals surface area contributed by atoms with Crippen molar-refractivity contribution in [1.29, 1.82) is 0 Å². The van der Waals surface area contributed by atoms with Crippen molar-refractivity contribution in [2.45, 2.75) is 51.6 Å². The highest BCUT2D eigenvalue weighted by Crippen LogP contribution is 2.31. The van der Waals surface area contributed by atoms with Crippen molar-refractivity contribution in [2.24, 2.45) is 0 Å². The molecule has 2 heterocycles. The lowest BCUT2D eigenvalue weighted by atomic mass is 9.83. The third-order valence-electron chi connectivity index (χ3n) is 5.68. The largest absolute Gasteiger partial charge is 0.453 e. The number of benzene rings is 1. The number of amides is 1. The fourth-order valence-electron chi connectivity index (χ4n) is 4.11. The molecule has 0 unspecified atom stereocenters. The summed E-state index contributed by atoms with van der Waals surface area (Å²) >= 11 is 0. The maximum Gasteiger partial charge on any atom is 0.453 e. The highest BCUT2D eigenvalue weighted by molar-refractivity contribution is 5.79. The molecule has 1 N–H and O–H groups in total. The minimum atomic E-state index is -4.65. The van der Waals surface area contributed by atoms with E-state index in [1.165, 1.54) is 11.1 Å². The average molecular weight is 417 g/mol. The molecule has 0 bridgehead atoms. The highest BCUT2D eigenvalue weighted by atomic mass is 19.4. The van der Waals surface area contributed by atoms with Crippen molar-refractivity contribution >= 4 is 11.7 Å². The normalized spacial score (nSPS) is 16.5. The summed E-state index contributed by atoms with van der Waals surface area (Å²) < 4.78 is 39.8. The molecule has 1 aliphatic carbocycles. The molecule has 0 aliphatic heterocycles. The van der Waals surface area contributed by atoms with E-state index < -0.39 is 12.0 Å². The first-order valence-corrected chi connectivity index (χ1v) is 9.88. The number of fused-ring (bicyclic) bond motifs is 2. The van der Waals surface area contributed by atoms with Crippen LogP contribution in [0.15, 0.2) is 24.3 Å². The number of carbonyl (C=O) groups is 1. The summed E-state index contributed by atoms with van der Waals surface area (Å²) in [4.78, 5) is 20.2. The topological polar surface area (TPSA) is 72.2 Å². The van der Waals surface area contributed by atoms with E-state index in [-0.39, 0.29) is 24.0 Å². The fourth-order valence-corrected chi connectivity index (χ4v) is 4.11. The van der Waals surface area contributed by atoms with Gasteiger partial charge in [-0.2, -0.15) is 18.2 Å². The first kappa shape index (κ1) is 20.3. The smallest absolute Gasteiger partial charge is 0.355 e. The molecule has 1 aromatic carbocycles. The van der Waals surface area contributed by atoms with Crippen molar-refractivity contribution in [3.63, 3.8) is 0 Å². The van der Waals surface area contributed by atoms with Gasteiger partial charge in [-0.05, 0) is 44.2 Å². The van der Waals surface area contributed by atoms with Crippen LogP contribution in [0, 0.1) is 13.8 Å². The Labute approximate surface area is 171 Å². The second kappa shape index (κ2) is 7.70. The van der Waals surface area contributed by atoms with E-state index in [0.29, 0.717) is 23.5 Å². The Bertz CT molecular complexity index is 1110. The minimum Gasteiger partial charge on any atom is -0.355 e. The number of hydrogen-bond acceptors (Lipinski definition) is 4. The van der Waals surface area contributed by atoms with Crippen molar-refractivity contribution in [1.82, 2.24) is 24.9 Å². The summed E-state index contributed by atoms with van der Waals surface area (Å²) in [6.07, 6.45) is -1.47. The first-order valence-electron chi connectivity index (χ1n) is 9.88. The number of alkyl halides is 3. The molecule has 0 radical (unpaired) electrons. The second-order valence-electron chi connectivity index (χ2n) is 7.67. The number of nitrogens with one attached hydrogen (secondary N) is 1. The Morgan fingerprint density at radius 1 is 1.23 bits per heavy atom. The maximum atomic E-state index is 12.9. The van der Waals surface area contributed by atoms with E-state index in [9.17, 15) is 18.0 Å². The van der Waals surface area contributed by atoms with Crippen molar-refractivity contribution < 1.29 is 18.0 Å². The molecule has 158 valence electrons. The predicted molar refractivity (Wildman–Crippen MR) is 104 cm³/mol. The van der Waals surface area contributed by atoms with Gasteiger partial charge >= 0.3 is 6.18 Å². The zero-order valence-electron chi connectivity index (χ0n) is 16.8. The Kier molecular flexibility index (Phi) is 5.21. The van der Waals surface area contributed by atoms with E-state index in [0.717, 1.165) is 23.8 Å². The van der Waals surface area contributed by atoms with Gasteiger partial charge in [-0.25, -0.2) is 9.50 Å². The number of halogens is 3. The van der Waals surface area contributed by atoms with Gasteiger partial charge in [0.15, 0.2) is 0 Å².